The van der Waals surface area contributed by atoms with Crippen molar-refractivity contribution in [2.75, 3.05) is 5.73 Å². The molecule has 0 aliphatic heterocycles. The maximum atomic E-state index is 9.71. The lowest BCUT2D eigenvalue weighted by atomic mass is 9.78. The summed E-state index contributed by atoms with van der Waals surface area (Å²) in [4.78, 5) is 0. The van der Waals surface area contributed by atoms with Gasteiger partial charge in [0.25, 0.3) is 0 Å². The Kier molecular flexibility index (Phi) is 3.78. The molecule has 0 unspecified atom stereocenters. The summed E-state index contributed by atoms with van der Waals surface area (Å²) in [5, 5.41) is 12.4. The van der Waals surface area contributed by atoms with Gasteiger partial charge in [-0.25, -0.2) is 0 Å². The summed E-state index contributed by atoms with van der Waals surface area (Å²) in [6.45, 7) is 0. The second kappa shape index (κ2) is 6.31. The SMILES string of the molecule is Nc1cc(Cc2cccc3ccc4c(c23)CCC2=C4C=CCC2)ccc1O. The number of hydrogen-bond acceptors (Lipinski definition) is 2. The number of benzene rings is 3. The zero-order valence-corrected chi connectivity index (χ0v) is 15.3. The van der Waals surface area contributed by atoms with Crippen LogP contribution in [0.25, 0.3) is 16.3 Å². The van der Waals surface area contributed by atoms with E-state index in [-0.39, 0.29) is 5.75 Å². The molecular weight excluding hydrogens is 330 g/mol. The summed E-state index contributed by atoms with van der Waals surface area (Å²) < 4.78 is 0. The van der Waals surface area contributed by atoms with E-state index < -0.39 is 0 Å². The van der Waals surface area contributed by atoms with Gasteiger partial charge in [0.1, 0.15) is 5.75 Å². The standard InChI is InChI=1S/C25H23NO/c26-23-15-16(8-13-24(23)27)14-19-6-3-5-18-10-11-21-20-7-2-1-4-17(20)9-12-22(21)25(18)19/h2-3,5-8,10-11,13,15,27H,1,4,9,12,14,26H2. The number of aryl methyl sites for hydroxylation is 1. The van der Waals surface area contributed by atoms with Gasteiger partial charge in [-0.2, -0.15) is 0 Å². The smallest absolute Gasteiger partial charge is 0.138 e. The Balaban J connectivity index is 1.67. The number of nitrogens with two attached hydrogens (primary N) is 1. The lowest BCUT2D eigenvalue weighted by Gasteiger charge is -2.26. The molecule has 0 atom stereocenters. The summed E-state index contributed by atoms with van der Waals surface area (Å²) in [6, 6.07) is 16.7. The van der Waals surface area contributed by atoms with Gasteiger partial charge in [0.2, 0.25) is 0 Å². The minimum Gasteiger partial charge on any atom is -0.506 e. The third-order valence-electron chi connectivity index (χ3n) is 5.97. The molecular formula is C25H23NO. The largest absolute Gasteiger partial charge is 0.506 e. The lowest BCUT2D eigenvalue weighted by molar-refractivity contribution is 0.478. The second-order valence-corrected chi connectivity index (χ2v) is 7.64. The number of rotatable bonds is 2. The van der Waals surface area contributed by atoms with Crippen molar-refractivity contribution < 1.29 is 5.11 Å². The van der Waals surface area contributed by atoms with E-state index >= 15 is 0 Å². The Labute approximate surface area is 159 Å². The molecule has 2 aliphatic rings. The van der Waals surface area contributed by atoms with Crippen molar-refractivity contribution in [3.63, 3.8) is 0 Å². The number of hydrogen-bond donors (Lipinski definition) is 2. The van der Waals surface area contributed by atoms with E-state index in [1.807, 2.05) is 12.1 Å². The van der Waals surface area contributed by atoms with Crippen LogP contribution in [-0.4, -0.2) is 5.11 Å². The Morgan fingerprint density at radius 1 is 0.963 bits per heavy atom. The van der Waals surface area contributed by atoms with Gasteiger partial charge in [-0.05, 0) is 82.8 Å². The van der Waals surface area contributed by atoms with E-state index in [9.17, 15) is 5.11 Å². The predicted molar refractivity (Wildman–Crippen MR) is 113 cm³/mol. The molecule has 0 aromatic heterocycles. The zero-order chi connectivity index (χ0) is 18.4. The fourth-order valence-electron chi connectivity index (χ4n) is 4.66. The highest BCUT2D eigenvalue weighted by Gasteiger charge is 2.21. The maximum absolute atomic E-state index is 9.71. The summed E-state index contributed by atoms with van der Waals surface area (Å²) in [5.74, 6) is 0.151. The van der Waals surface area contributed by atoms with E-state index in [4.69, 9.17) is 5.73 Å². The first kappa shape index (κ1) is 16.2. The highest BCUT2D eigenvalue weighted by Crippen LogP contribution is 2.41. The van der Waals surface area contributed by atoms with Crippen LogP contribution < -0.4 is 5.73 Å². The van der Waals surface area contributed by atoms with Crippen LogP contribution in [0.4, 0.5) is 5.69 Å². The van der Waals surface area contributed by atoms with Crippen LogP contribution in [-0.2, 0) is 12.8 Å². The van der Waals surface area contributed by atoms with Crippen LogP contribution in [0, 0.1) is 0 Å². The Bertz CT molecular complexity index is 1120. The number of fused-ring (bicyclic) bond motifs is 4. The van der Waals surface area contributed by atoms with Crippen LogP contribution in [0.2, 0.25) is 0 Å². The molecule has 0 fully saturated rings. The van der Waals surface area contributed by atoms with Crippen molar-refractivity contribution >= 4 is 22.0 Å². The molecule has 2 nitrogen and oxygen atoms in total. The molecule has 0 saturated carbocycles. The van der Waals surface area contributed by atoms with Gasteiger partial charge < -0.3 is 10.8 Å². The number of anilines is 1. The molecule has 3 aromatic carbocycles. The van der Waals surface area contributed by atoms with Crippen molar-refractivity contribution in [3.05, 3.63) is 88.5 Å². The third kappa shape index (κ3) is 2.73. The van der Waals surface area contributed by atoms with E-state index in [0.717, 1.165) is 18.4 Å². The maximum Gasteiger partial charge on any atom is 0.138 e. The summed E-state index contributed by atoms with van der Waals surface area (Å²) in [5.41, 5.74) is 14.8. The Morgan fingerprint density at radius 2 is 1.89 bits per heavy atom. The van der Waals surface area contributed by atoms with Gasteiger partial charge in [-0.1, -0.05) is 54.1 Å². The van der Waals surface area contributed by atoms with Crippen LogP contribution in [0.3, 0.4) is 0 Å². The molecule has 0 radical (unpaired) electrons. The van der Waals surface area contributed by atoms with E-state index in [0.29, 0.717) is 5.69 Å². The van der Waals surface area contributed by atoms with Crippen LogP contribution in [0.5, 0.6) is 5.75 Å². The number of nitrogen functional groups attached to an aromatic ring is 1. The van der Waals surface area contributed by atoms with Crippen molar-refractivity contribution in [3.8, 4) is 5.75 Å². The van der Waals surface area contributed by atoms with Gasteiger partial charge in [-0.3, -0.25) is 0 Å². The van der Waals surface area contributed by atoms with Crippen molar-refractivity contribution in [2.45, 2.75) is 32.1 Å². The van der Waals surface area contributed by atoms with Crippen LogP contribution in [0.1, 0.15) is 41.5 Å². The molecule has 0 spiro atoms. The van der Waals surface area contributed by atoms with Gasteiger partial charge in [0.05, 0.1) is 5.69 Å². The van der Waals surface area contributed by atoms with E-state index in [2.05, 4.69) is 42.5 Å². The summed E-state index contributed by atoms with van der Waals surface area (Å²) >= 11 is 0. The molecule has 2 heteroatoms. The monoisotopic (exact) mass is 353 g/mol. The van der Waals surface area contributed by atoms with Crippen molar-refractivity contribution in [1.82, 2.24) is 0 Å². The molecule has 3 aromatic rings. The van der Waals surface area contributed by atoms with Gasteiger partial charge in [0, 0.05) is 0 Å². The number of phenols is 1. The quantitative estimate of drug-likeness (QED) is 0.454. The lowest BCUT2D eigenvalue weighted by Crippen LogP contribution is -2.08. The van der Waals surface area contributed by atoms with Crippen molar-refractivity contribution in [1.29, 1.82) is 0 Å². The molecule has 0 saturated heterocycles. The minimum atomic E-state index is 0.151. The molecule has 2 aliphatic carbocycles. The fraction of sp³-hybridized carbons (Fsp3) is 0.200. The third-order valence-corrected chi connectivity index (χ3v) is 5.97. The highest BCUT2D eigenvalue weighted by atomic mass is 16.3. The number of allylic oxidation sites excluding steroid dienone is 4. The highest BCUT2D eigenvalue weighted by molar-refractivity contribution is 5.96. The average molecular weight is 353 g/mol. The second-order valence-electron chi connectivity index (χ2n) is 7.64. The number of aromatic hydroxyl groups is 1. The Morgan fingerprint density at radius 3 is 2.78 bits per heavy atom. The Hall–Kier alpha value is -3.00. The molecule has 0 heterocycles. The first-order valence-corrected chi connectivity index (χ1v) is 9.70. The van der Waals surface area contributed by atoms with Crippen LogP contribution in [0.15, 0.2) is 66.3 Å². The zero-order valence-electron chi connectivity index (χ0n) is 15.3. The first-order chi connectivity index (χ1) is 13.2. The summed E-state index contributed by atoms with van der Waals surface area (Å²) in [6.07, 6.45) is 10.1. The molecule has 134 valence electrons. The molecule has 3 N–H and O–H groups in total. The first-order valence-electron chi connectivity index (χ1n) is 9.70. The van der Waals surface area contributed by atoms with Crippen molar-refractivity contribution in [2.24, 2.45) is 0 Å². The number of phenolic OH excluding ortho intramolecular Hbond substituents is 1. The topological polar surface area (TPSA) is 46.2 Å². The molecule has 5 rings (SSSR count). The minimum absolute atomic E-state index is 0.151. The van der Waals surface area contributed by atoms with E-state index in [1.165, 1.54) is 52.3 Å². The van der Waals surface area contributed by atoms with Gasteiger partial charge in [0.15, 0.2) is 0 Å². The fourth-order valence-corrected chi connectivity index (χ4v) is 4.66. The molecule has 0 amide bonds. The molecule has 27 heavy (non-hydrogen) atoms. The predicted octanol–water partition coefficient (Wildman–Crippen LogP) is 5.77. The van der Waals surface area contributed by atoms with E-state index in [1.54, 1.807) is 11.6 Å². The average Bonchev–Trinajstić information content (AvgIpc) is 2.70. The van der Waals surface area contributed by atoms with Gasteiger partial charge >= 0.3 is 0 Å². The van der Waals surface area contributed by atoms with Gasteiger partial charge in [-0.15, -0.1) is 0 Å². The summed E-state index contributed by atoms with van der Waals surface area (Å²) in [7, 11) is 0. The normalized spacial score (nSPS) is 15.7. The van der Waals surface area contributed by atoms with Crippen LogP contribution >= 0.6 is 0 Å². The molecule has 0 bridgehead atoms.